The molecule has 16 heteroatoms. The maximum Gasteiger partial charge on any atom is 0.298 e. The third-order valence-electron chi connectivity index (χ3n) is 8.01. The first-order valence-corrected chi connectivity index (χ1v) is 16.4. The van der Waals surface area contributed by atoms with E-state index in [0.29, 0.717) is 56.9 Å². The van der Waals surface area contributed by atoms with Crippen LogP contribution in [0.2, 0.25) is 0 Å². The minimum atomic E-state index is -0.422. The highest BCUT2D eigenvalue weighted by molar-refractivity contribution is 5.94. The molecule has 0 unspecified atom stereocenters. The van der Waals surface area contributed by atoms with E-state index in [4.69, 9.17) is 14.2 Å². The maximum absolute atomic E-state index is 11.0. The molecule has 0 fully saturated rings. The van der Waals surface area contributed by atoms with Gasteiger partial charge in [-0.15, -0.1) is 20.5 Å². The summed E-state index contributed by atoms with van der Waals surface area (Å²) in [7, 11) is 2.88. The van der Waals surface area contributed by atoms with Gasteiger partial charge in [0.15, 0.2) is 5.75 Å². The molecule has 16 nitrogen and oxygen atoms in total. The van der Waals surface area contributed by atoms with Crippen LogP contribution >= 0.6 is 0 Å². The van der Waals surface area contributed by atoms with E-state index in [2.05, 4.69) is 40.9 Å². The van der Waals surface area contributed by atoms with Gasteiger partial charge in [0.2, 0.25) is 0 Å². The van der Waals surface area contributed by atoms with Crippen molar-refractivity contribution < 1.29 is 39.4 Å². The summed E-state index contributed by atoms with van der Waals surface area (Å²) in [6.07, 6.45) is 0. The van der Waals surface area contributed by atoms with Crippen LogP contribution in [-0.2, 0) is 18.0 Å². The SMILES string of the molecule is COc1cc(N=Nc2ccc(OC=O)cc2)c(CO)cc1N=Nc1cc(OC)c(N=Nc2ccc3cc(N=Nc4ccc(O)cc4)ccc3c2O)cc1CO. The fourth-order valence-electron chi connectivity index (χ4n) is 5.17. The molecule has 4 N–H and O–H groups in total. The number of phenolic OH excluding ortho intramolecular Hbond substituents is 2. The fourth-order valence-corrected chi connectivity index (χ4v) is 5.17. The number of hydrogen-bond acceptors (Lipinski definition) is 16. The molecule has 55 heavy (non-hydrogen) atoms. The highest BCUT2D eigenvalue weighted by Gasteiger charge is 2.14. The minimum absolute atomic E-state index is 0.0985. The van der Waals surface area contributed by atoms with Crippen molar-refractivity contribution in [2.24, 2.45) is 40.9 Å². The standard InChI is InChI=1S/C39H32N8O8/c1-53-37-18-33(44-41-27-6-11-30(12-7-27)55-22-50)24(20-48)16-36(37)47-45-34-19-38(54-2)35(17-25(34)21-49)46-43-32-14-3-23-15-28(8-13-31(23)39(32)52)42-40-26-4-9-29(51)10-5-26/h3-19,22,48-49,51-52H,20-21H2,1-2H3. The number of nitrogens with zero attached hydrogens (tertiary/aromatic N) is 8. The summed E-state index contributed by atoms with van der Waals surface area (Å²) in [6.45, 7) is -0.479. The Morgan fingerprint density at radius 2 is 1.02 bits per heavy atom. The predicted octanol–water partition coefficient (Wildman–Crippen LogP) is 10.4. The number of ether oxygens (including phenoxy) is 3. The largest absolute Gasteiger partial charge is 0.508 e. The van der Waals surface area contributed by atoms with Crippen LogP contribution in [-0.4, -0.2) is 41.1 Å². The van der Waals surface area contributed by atoms with E-state index in [-0.39, 0.29) is 52.4 Å². The van der Waals surface area contributed by atoms with E-state index >= 15 is 0 Å². The van der Waals surface area contributed by atoms with Crippen LogP contribution in [0.15, 0.2) is 144 Å². The Labute approximate surface area is 313 Å². The van der Waals surface area contributed by atoms with Crippen LogP contribution in [0.3, 0.4) is 0 Å². The van der Waals surface area contributed by atoms with E-state index < -0.39 is 6.61 Å². The summed E-state index contributed by atoms with van der Waals surface area (Å²) in [5.41, 5.74) is 3.68. The first-order valence-electron chi connectivity index (χ1n) is 16.4. The van der Waals surface area contributed by atoms with E-state index in [9.17, 15) is 25.2 Å². The van der Waals surface area contributed by atoms with Gasteiger partial charge in [0, 0.05) is 28.6 Å². The summed E-state index contributed by atoms with van der Waals surface area (Å²) in [5, 5.41) is 76.0. The zero-order chi connectivity index (χ0) is 38.7. The Hall–Kier alpha value is -7.43. The van der Waals surface area contributed by atoms with E-state index in [1.165, 1.54) is 38.5 Å². The summed E-state index contributed by atoms with van der Waals surface area (Å²) in [4.78, 5) is 10.5. The number of phenols is 2. The van der Waals surface area contributed by atoms with Crippen molar-refractivity contribution in [3.8, 4) is 28.7 Å². The molecule has 0 saturated heterocycles. The quantitative estimate of drug-likeness (QED) is 0.0619. The minimum Gasteiger partial charge on any atom is -0.508 e. The lowest BCUT2D eigenvalue weighted by atomic mass is 10.1. The van der Waals surface area contributed by atoms with Crippen molar-refractivity contribution in [1.29, 1.82) is 0 Å². The van der Waals surface area contributed by atoms with Crippen molar-refractivity contribution >= 4 is 62.7 Å². The second-order valence-corrected chi connectivity index (χ2v) is 11.5. The predicted molar refractivity (Wildman–Crippen MR) is 201 cm³/mol. The maximum atomic E-state index is 11.0. The molecule has 0 bridgehead atoms. The summed E-state index contributed by atoms with van der Waals surface area (Å²) in [6, 6.07) is 27.4. The van der Waals surface area contributed by atoms with Crippen LogP contribution in [0.4, 0.5) is 45.5 Å². The smallest absolute Gasteiger partial charge is 0.298 e. The van der Waals surface area contributed by atoms with Gasteiger partial charge in [-0.2, -0.15) is 20.5 Å². The molecule has 0 saturated carbocycles. The lowest BCUT2D eigenvalue weighted by molar-refractivity contribution is -0.120. The van der Waals surface area contributed by atoms with Gasteiger partial charge in [0.05, 0.1) is 55.9 Å². The van der Waals surface area contributed by atoms with Gasteiger partial charge in [-0.05, 0) is 90.3 Å². The Morgan fingerprint density at radius 3 is 1.58 bits per heavy atom. The molecule has 0 aliphatic rings. The molecule has 0 aliphatic heterocycles. The summed E-state index contributed by atoms with van der Waals surface area (Å²) >= 11 is 0. The third kappa shape index (κ3) is 8.97. The fraction of sp³-hybridized carbons (Fsp3) is 0.103. The molecule has 0 amide bonds. The molecule has 0 radical (unpaired) electrons. The molecule has 0 aromatic heterocycles. The van der Waals surface area contributed by atoms with Crippen LogP contribution < -0.4 is 14.2 Å². The molecule has 0 heterocycles. The van der Waals surface area contributed by atoms with Crippen LogP contribution in [0, 0.1) is 0 Å². The third-order valence-corrected chi connectivity index (χ3v) is 8.01. The van der Waals surface area contributed by atoms with Crippen molar-refractivity contribution in [3.63, 3.8) is 0 Å². The number of aliphatic hydroxyl groups excluding tert-OH is 2. The monoisotopic (exact) mass is 740 g/mol. The number of azo groups is 4. The number of rotatable bonds is 14. The number of fused-ring (bicyclic) bond motifs is 1. The number of aliphatic hydroxyl groups is 2. The number of carbonyl (C=O) groups is 1. The number of aromatic hydroxyl groups is 2. The van der Waals surface area contributed by atoms with E-state index in [1.54, 1.807) is 78.9 Å². The molecule has 276 valence electrons. The second-order valence-electron chi connectivity index (χ2n) is 11.5. The van der Waals surface area contributed by atoms with Gasteiger partial charge in [-0.25, -0.2) is 0 Å². The average molecular weight is 741 g/mol. The molecular weight excluding hydrogens is 708 g/mol. The van der Waals surface area contributed by atoms with Gasteiger partial charge in [0.25, 0.3) is 6.47 Å². The first kappa shape index (κ1) is 37.3. The second kappa shape index (κ2) is 17.4. The highest BCUT2D eigenvalue weighted by Crippen LogP contribution is 2.42. The van der Waals surface area contributed by atoms with Gasteiger partial charge >= 0.3 is 0 Å². The van der Waals surface area contributed by atoms with Crippen molar-refractivity contribution in [3.05, 3.63) is 114 Å². The zero-order valence-electron chi connectivity index (χ0n) is 29.3. The normalized spacial score (nSPS) is 11.7. The number of hydrogen-bond donors (Lipinski definition) is 4. The number of benzene rings is 6. The van der Waals surface area contributed by atoms with Crippen LogP contribution in [0.1, 0.15) is 11.1 Å². The van der Waals surface area contributed by atoms with Crippen LogP contribution in [0.25, 0.3) is 10.8 Å². The van der Waals surface area contributed by atoms with E-state index in [0.717, 1.165) is 0 Å². The zero-order valence-corrected chi connectivity index (χ0v) is 29.3. The van der Waals surface area contributed by atoms with Gasteiger partial charge in [-0.1, -0.05) is 6.07 Å². The summed E-state index contributed by atoms with van der Waals surface area (Å²) in [5.74, 6) is 0.946. The van der Waals surface area contributed by atoms with Gasteiger partial charge in [-0.3, -0.25) is 4.79 Å². The molecule has 6 aromatic rings. The van der Waals surface area contributed by atoms with Crippen molar-refractivity contribution in [1.82, 2.24) is 0 Å². The lowest BCUT2D eigenvalue weighted by Crippen LogP contribution is -1.90. The lowest BCUT2D eigenvalue weighted by Gasteiger charge is -2.10. The van der Waals surface area contributed by atoms with Crippen molar-refractivity contribution in [2.75, 3.05) is 14.2 Å². The Bertz CT molecular complexity index is 2450. The van der Waals surface area contributed by atoms with Gasteiger partial charge < -0.3 is 34.6 Å². The van der Waals surface area contributed by atoms with Gasteiger partial charge in [0.1, 0.15) is 40.1 Å². The van der Waals surface area contributed by atoms with Crippen molar-refractivity contribution in [2.45, 2.75) is 13.2 Å². The molecule has 6 rings (SSSR count). The Balaban J connectivity index is 1.22. The summed E-state index contributed by atoms with van der Waals surface area (Å²) < 4.78 is 15.8. The Morgan fingerprint density at radius 1 is 0.527 bits per heavy atom. The number of carbonyl (C=O) groups excluding carboxylic acids is 1. The molecule has 0 aliphatic carbocycles. The van der Waals surface area contributed by atoms with E-state index in [1.807, 2.05) is 0 Å². The first-order chi connectivity index (χ1) is 26.8. The number of methoxy groups -OCH3 is 2. The molecule has 0 atom stereocenters. The molecule has 0 spiro atoms. The molecular formula is C39H32N8O8. The Kier molecular flexibility index (Phi) is 11.8. The highest BCUT2D eigenvalue weighted by atomic mass is 16.5. The topological polar surface area (TPSA) is 225 Å². The average Bonchev–Trinajstić information content (AvgIpc) is 3.22. The molecule has 6 aromatic carbocycles. The van der Waals surface area contributed by atoms with Crippen LogP contribution in [0.5, 0.6) is 28.7 Å².